The fraction of sp³-hybridized carbons (Fsp3) is 0.111. The third-order valence-electron chi connectivity index (χ3n) is 1.44. The lowest BCUT2D eigenvalue weighted by Gasteiger charge is -2.03. The summed E-state index contributed by atoms with van der Waals surface area (Å²) in [5.74, 6) is 5.13. The summed E-state index contributed by atoms with van der Waals surface area (Å²) in [6.07, 6.45) is 1.47. The first-order valence-electron chi connectivity index (χ1n) is 3.84. The van der Waals surface area contributed by atoms with Gasteiger partial charge in [-0.3, -0.25) is 4.79 Å². The fourth-order valence-corrected chi connectivity index (χ4v) is 1.28. The Labute approximate surface area is 89.9 Å². The van der Waals surface area contributed by atoms with Gasteiger partial charge in [-0.1, -0.05) is 15.9 Å². The summed E-state index contributed by atoms with van der Waals surface area (Å²) in [6.45, 7) is 1.35. The van der Waals surface area contributed by atoms with Crippen molar-refractivity contribution in [2.45, 2.75) is 6.92 Å². The van der Waals surface area contributed by atoms with E-state index in [0.29, 0.717) is 5.75 Å². The Hall–Kier alpha value is -1.36. The first-order chi connectivity index (χ1) is 6.63. The minimum atomic E-state index is -0.358. The maximum atomic E-state index is 10.7. The molecule has 0 radical (unpaired) electrons. The molecule has 0 aliphatic rings. The summed E-state index contributed by atoms with van der Waals surface area (Å²) in [6, 6.07) is 5.11. The van der Waals surface area contributed by atoms with Gasteiger partial charge in [-0.05, 0) is 18.2 Å². The number of halogens is 1. The molecule has 0 fully saturated rings. The molecular formula is C9H9BrN2O2. The molecule has 1 aromatic carbocycles. The lowest BCUT2D eigenvalue weighted by Crippen LogP contribution is -2.01. The van der Waals surface area contributed by atoms with Crippen molar-refractivity contribution in [1.82, 2.24) is 0 Å². The minimum Gasteiger partial charge on any atom is -0.427 e. The zero-order chi connectivity index (χ0) is 10.6. The minimum absolute atomic E-state index is 0.358. The van der Waals surface area contributed by atoms with Crippen LogP contribution in [0.4, 0.5) is 0 Å². The molecular weight excluding hydrogens is 248 g/mol. The highest BCUT2D eigenvalue weighted by Crippen LogP contribution is 2.21. The highest BCUT2D eigenvalue weighted by Gasteiger charge is 2.02. The van der Waals surface area contributed by atoms with Gasteiger partial charge in [-0.25, -0.2) is 0 Å². The van der Waals surface area contributed by atoms with Gasteiger partial charge in [0.1, 0.15) is 5.75 Å². The van der Waals surface area contributed by atoms with E-state index in [9.17, 15) is 4.79 Å². The molecule has 0 saturated heterocycles. The molecule has 4 nitrogen and oxygen atoms in total. The van der Waals surface area contributed by atoms with Crippen molar-refractivity contribution in [2.24, 2.45) is 10.9 Å². The van der Waals surface area contributed by atoms with Crippen LogP contribution in [0.2, 0.25) is 0 Å². The highest BCUT2D eigenvalue weighted by atomic mass is 79.9. The molecule has 2 N–H and O–H groups in total. The largest absolute Gasteiger partial charge is 0.427 e. The topological polar surface area (TPSA) is 64.7 Å². The van der Waals surface area contributed by atoms with Gasteiger partial charge in [0.2, 0.25) is 0 Å². The van der Waals surface area contributed by atoms with Gasteiger partial charge in [-0.2, -0.15) is 5.10 Å². The second-order valence-corrected chi connectivity index (χ2v) is 3.41. The van der Waals surface area contributed by atoms with E-state index in [1.165, 1.54) is 13.1 Å². The number of benzene rings is 1. The second-order valence-electron chi connectivity index (χ2n) is 2.56. The summed E-state index contributed by atoms with van der Waals surface area (Å²) < 4.78 is 5.73. The van der Waals surface area contributed by atoms with Gasteiger partial charge in [0, 0.05) is 17.0 Å². The van der Waals surface area contributed by atoms with E-state index in [2.05, 4.69) is 21.0 Å². The Morgan fingerprint density at radius 2 is 2.36 bits per heavy atom. The van der Waals surface area contributed by atoms with Crippen LogP contribution in [0.25, 0.3) is 0 Å². The van der Waals surface area contributed by atoms with Crippen LogP contribution in [-0.2, 0) is 4.79 Å². The lowest BCUT2D eigenvalue weighted by molar-refractivity contribution is -0.131. The summed E-state index contributed by atoms with van der Waals surface area (Å²) in [5.41, 5.74) is 0.756. The third-order valence-corrected chi connectivity index (χ3v) is 2.16. The molecule has 5 heteroatoms. The first-order valence-corrected chi connectivity index (χ1v) is 4.64. The van der Waals surface area contributed by atoms with Crippen LogP contribution in [0.1, 0.15) is 12.5 Å². The van der Waals surface area contributed by atoms with E-state index in [1.54, 1.807) is 18.2 Å². The SMILES string of the molecule is CC(=O)Oc1ccc(Br)c(C=NN)c1. The highest BCUT2D eigenvalue weighted by molar-refractivity contribution is 9.10. The molecule has 0 heterocycles. The molecule has 0 aliphatic heterocycles. The van der Waals surface area contributed by atoms with Crippen molar-refractivity contribution in [3.8, 4) is 5.75 Å². The molecule has 0 atom stereocenters. The van der Waals surface area contributed by atoms with E-state index in [1.807, 2.05) is 0 Å². The average Bonchev–Trinajstić information content (AvgIpc) is 2.10. The molecule has 0 bridgehead atoms. The van der Waals surface area contributed by atoms with Crippen molar-refractivity contribution in [3.63, 3.8) is 0 Å². The summed E-state index contributed by atoms with van der Waals surface area (Å²) >= 11 is 3.31. The summed E-state index contributed by atoms with van der Waals surface area (Å²) in [4.78, 5) is 10.7. The predicted octanol–water partition coefficient (Wildman–Crippen LogP) is 1.67. The zero-order valence-corrected chi connectivity index (χ0v) is 9.11. The quantitative estimate of drug-likeness (QED) is 0.288. The van der Waals surface area contributed by atoms with Crippen molar-refractivity contribution in [3.05, 3.63) is 28.2 Å². The number of esters is 1. The van der Waals surface area contributed by atoms with Gasteiger partial charge >= 0.3 is 5.97 Å². The number of nitrogens with zero attached hydrogens (tertiary/aromatic N) is 1. The van der Waals surface area contributed by atoms with E-state index >= 15 is 0 Å². The molecule has 74 valence electrons. The smallest absolute Gasteiger partial charge is 0.308 e. The Kier molecular flexibility index (Phi) is 3.64. The van der Waals surface area contributed by atoms with E-state index in [-0.39, 0.29) is 5.97 Å². The molecule has 1 rings (SSSR count). The van der Waals surface area contributed by atoms with Crippen LogP contribution in [0, 0.1) is 0 Å². The molecule has 0 spiro atoms. The molecule has 0 aromatic heterocycles. The van der Waals surface area contributed by atoms with Crippen LogP contribution < -0.4 is 10.6 Å². The number of carbonyl (C=O) groups is 1. The molecule has 0 amide bonds. The standard InChI is InChI=1S/C9H9BrN2O2/c1-6(13)14-8-2-3-9(10)7(4-8)5-12-11/h2-5H,11H2,1H3. The summed E-state index contributed by atoms with van der Waals surface area (Å²) in [7, 11) is 0. The van der Waals surface area contributed by atoms with Crippen LogP contribution >= 0.6 is 15.9 Å². The van der Waals surface area contributed by atoms with Crippen LogP contribution in [0.5, 0.6) is 5.75 Å². The molecule has 14 heavy (non-hydrogen) atoms. The van der Waals surface area contributed by atoms with Crippen molar-refractivity contribution in [2.75, 3.05) is 0 Å². The number of rotatable bonds is 2. The van der Waals surface area contributed by atoms with Gasteiger partial charge in [0.25, 0.3) is 0 Å². The van der Waals surface area contributed by atoms with Crippen molar-refractivity contribution >= 4 is 28.1 Å². The first kappa shape index (κ1) is 10.7. The number of hydrazone groups is 1. The Morgan fingerprint density at radius 1 is 1.64 bits per heavy atom. The van der Waals surface area contributed by atoms with Gasteiger partial charge in [0.05, 0.1) is 6.21 Å². The molecule has 1 aromatic rings. The number of hydrogen-bond acceptors (Lipinski definition) is 4. The molecule has 0 saturated carbocycles. The van der Waals surface area contributed by atoms with Gasteiger partial charge < -0.3 is 10.6 Å². The maximum Gasteiger partial charge on any atom is 0.308 e. The Morgan fingerprint density at radius 3 is 2.93 bits per heavy atom. The number of nitrogens with two attached hydrogens (primary N) is 1. The predicted molar refractivity (Wildman–Crippen MR) is 57.2 cm³/mol. The Balaban J connectivity index is 3.00. The van der Waals surface area contributed by atoms with Crippen molar-refractivity contribution in [1.29, 1.82) is 0 Å². The van der Waals surface area contributed by atoms with Crippen LogP contribution in [0.3, 0.4) is 0 Å². The zero-order valence-electron chi connectivity index (χ0n) is 7.53. The number of carbonyl (C=O) groups excluding carboxylic acids is 1. The van der Waals surface area contributed by atoms with Gasteiger partial charge in [-0.15, -0.1) is 0 Å². The maximum absolute atomic E-state index is 10.7. The van der Waals surface area contributed by atoms with E-state index in [4.69, 9.17) is 10.6 Å². The molecule has 0 aliphatic carbocycles. The average molecular weight is 257 g/mol. The van der Waals surface area contributed by atoms with Crippen LogP contribution in [0.15, 0.2) is 27.8 Å². The number of ether oxygens (including phenoxy) is 1. The third kappa shape index (κ3) is 2.85. The molecule has 0 unspecified atom stereocenters. The fourth-order valence-electron chi connectivity index (χ4n) is 0.931. The second kappa shape index (κ2) is 4.76. The normalized spacial score (nSPS) is 10.4. The number of hydrogen-bond donors (Lipinski definition) is 1. The van der Waals surface area contributed by atoms with E-state index < -0.39 is 0 Å². The lowest BCUT2D eigenvalue weighted by atomic mass is 10.2. The van der Waals surface area contributed by atoms with E-state index in [0.717, 1.165) is 10.0 Å². The van der Waals surface area contributed by atoms with Gasteiger partial charge in [0.15, 0.2) is 0 Å². The summed E-state index contributed by atoms with van der Waals surface area (Å²) in [5, 5.41) is 3.39. The van der Waals surface area contributed by atoms with Crippen molar-refractivity contribution < 1.29 is 9.53 Å². The Bertz CT molecular complexity index is 377. The monoisotopic (exact) mass is 256 g/mol. The van der Waals surface area contributed by atoms with Crippen LogP contribution in [-0.4, -0.2) is 12.2 Å².